The number of H-pyrrole nitrogens is 1. The number of halogens is 1. The molecule has 0 atom stereocenters. The highest BCUT2D eigenvalue weighted by Gasteiger charge is 2.15. The molecule has 2 rings (SSSR count). The number of nitrogens with one attached hydrogen (secondary N) is 1. The van der Waals surface area contributed by atoms with Gasteiger partial charge in [0.1, 0.15) is 10.5 Å². The molecule has 0 fully saturated rings. The first-order valence-corrected chi connectivity index (χ1v) is 5.77. The highest BCUT2D eigenvalue weighted by molar-refractivity contribution is 8.14. The number of rotatable bonds is 1. The molecule has 6 heteroatoms. The molecule has 4 nitrogen and oxygen atoms in total. The smallest absolute Gasteiger partial charge is 0.263 e. The van der Waals surface area contributed by atoms with Gasteiger partial charge in [-0.25, -0.2) is 13.4 Å². The average molecular weight is 217 g/mol. The van der Waals surface area contributed by atoms with Gasteiger partial charge in [-0.3, -0.25) is 0 Å². The van der Waals surface area contributed by atoms with Crippen LogP contribution in [0.2, 0.25) is 0 Å². The molecule has 0 aromatic carbocycles. The van der Waals surface area contributed by atoms with Crippen LogP contribution in [0.15, 0.2) is 29.4 Å². The van der Waals surface area contributed by atoms with E-state index >= 15 is 0 Å². The van der Waals surface area contributed by atoms with Gasteiger partial charge in [0, 0.05) is 28.5 Å². The Labute approximate surface area is 79.0 Å². The van der Waals surface area contributed by atoms with Gasteiger partial charge in [-0.05, 0) is 12.1 Å². The van der Waals surface area contributed by atoms with Gasteiger partial charge in [-0.2, -0.15) is 0 Å². The van der Waals surface area contributed by atoms with E-state index in [2.05, 4.69) is 9.97 Å². The zero-order valence-electron chi connectivity index (χ0n) is 6.36. The van der Waals surface area contributed by atoms with Crippen LogP contribution in [0.3, 0.4) is 0 Å². The molecule has 0 aliphatic carbocycles. The van der Waals surface area contributed by atoms with Crippen LogP contribution in [-0.4, -0.2) is 18.4 Å². The van der Waals surface area contributed by atoms with Crippen LogP contribution in [0, 0.1) is 0 Å². The summed E-state index contributed by atoms with van der Waals surface area (Å²) in [5.74, 6) is 0. The average Bonchev–Trinajstić information content (AvgIpc) is 2.45. The molecule has 0 saturated heterocycles. The molecule has 0 aliphatic heterocycles. The predicted octanol–water partition coefficient (Wildman–Crippen LogP) is 1.49. The Balaban J connectivity index is 2.87. The Morgan fingerprint density at radius 1 is 1.46 bits per heavy atom. The van der Waals surface area contributed by atoms with Crippen LogP contribution in [0.5, 0.6) is 0 Å². The molecule has 13 heavy (non-hydrogen) atoms. The largest absolute Gasteiger partial charge is 0.345 e. The van der Waals surface area contributed by atoms with Crippen LogP contribution in [0.4, 0.5) is 0 Å². The van der Waals surface area contributed by atoms with Gasteiger partial charge in [0.15, 0.2) is 0 Å². The molecular formula is C7H5ClN2O2S. The number of pyridine rings is 1. The topological polar surface area (TPSA) is 62.8 Å². The minimum absolute atomic E-state index is 0.0669. The van der Waals surface area contributed by atoms with E-state index in [1.807, 2.05) is 0 Å². The Kier molecular flexibility index (Phi) is 1.78. The zero-order valence-corrected chi connectivity index (χ0v) is 7.93. The van der Waals surface area contributed by atoms with Gasteiger partial charge in [0.2, 0.25) is 0 Å². The number of nitrogens with zero attached hydrogens (tertiary/aromatic N) is 1. The summed E-state index contributed by atoms with van der Waals surface area (Å²) < 4.78 is 22.1. The third-order valence-corrected chi connectivity index (χ3v) is 3.04. The Morgan fingerprint density at radius 3 is 2.92 bits per heavy atom. The second-order valence-electron chi connectivity index (χ2n) is 2.49. The maximum Gasteiger partial charge on any atom is 0.263 e. The summed E-state index contributed by atoms with van der Waals surface area (Å²) in [7, 11) is 1.52. The molecule has 68 valence electrons. The highest BCUT2D eigenvalue weighted by Crippen LogP contribution is 2.23. The summed E-state index contributed by atoms with van der Waals surface area (Å²) in [4.78, 5) is 6.72. The number of hydrogen-bond acceptors (Lipinski definition) is 3. The quantitative estimate of drug-likeness (QED) is 0.735. The van der Waals surface area contributed by atoms with Crippen molar-refractivity contribution in [3.05, 3.63) is 24.5 Å². The molecule has 0 radical (unpaired) electrons. The summed E-state index contributed by atoms with van der Waals surface area (Å²) in [5.41, 5.74) is 0.515. The van der Waals surface area contributed by atoms with Crippen LogP contribution in [-0.2, 0) is 9.05 Å². The van der Waals surface area contributed by atoms with E-state index in [-0.39, 0.29) is 4.90 Å². The van der Waals surface area contributed by atoms with Gasteiger partial charge >= 0.3 is 0 Å². The van der Waals surface area contributed by atoms with Gasteiger partial charge in [0.25, 0.3) is 9.05 Å². The van der Waals surface area contributed by atoms with Crippen molar-refractivity contribution in [1.29, 1.82) is 0 Å². The van der Waals surface area contributed by atoms with Crippen LogP contribution in [0.1, 0.15) is 0 Å². The van der Waals surface area contributed by atoms with Crippen molar-refractivity contribution in [2.45, 2.75) is 4.90 Å². The molecule has 0 spiro atoms. The first kappa shape index (κ1) is 8.52. The van der Waals surface area contributed by atoms with E-state index in [1.54, 1.807) is 18.3 Å². The second kappa shape index (κ2) is 2.71. The van der Waals surface area contributed by atoms with Crippen molar-refractivity contribution in [3.63, 3.8) is 0 Å². The van der Waals surface area contributed by atoms with Gasteiger partial charge in [0.05, 0.1) is 0 Å². The SMILES string of the molecule is O=S(=O)(Cl)c1c[nH]c2ncccc12. The maximum absolute atomic E-state index is 11.0. The molecule has 0 bridgehead atoms. The molecule has 0 saturated carbocycles. The lowest BCUT2D eigenvalue weighted by atomic mass is 10.3. The minimum atomic E-state index is -3.69. The summed E-state index contributed by atoms with van der Waals surface area (Å²) in [5, 5.41) is 0.512. The predicted molar refractivity (Wildman–Crippen MR) is 49.1 cm³/mol. The molecule has 0 amide bonds. The van der Waals surface area contributed by atoms with E-state index in [4.69, 9.17) is 10.7 Å². The summed E-state index contributed by atoms with van der Waals surface area (Å²) in [6.45, 7) is 0. The highest BCUT2D eigenvalue weighted by atomic mass is 35.7. The number of fused-ring (bicyclic) bond motifs is 1. The summed E-state index contributed by atoms with van der Waals surface area (Å²) in [6.07, 6.45) is 2.91. The molecule has 0 aliphatic rings. The fraction of sp³-hybridized carbons (Fsp3) is 0. The number of aromatic nitrogens is 2. The van der Waals surface area contributed by atoms with E-state index in [0.29, 0.717) is 11.0 Å². The van der Waals surface area contributed by atoms with Crippen molar-refractivity contribution in [2.24, 2.45) is 0 Å². The standard InChI is InChI=1S/C7H5ClN2O2S/c8-13(11,12)6-4-10-7-5(6)2-1-3-9-7/h1-4H,(H,9,10). The zero-order chi connectivity index (χ0) is 9.47. The molecule has 2 aromatic rings. The van der Waals surface area contributed by atoms with E-state index < -0.39 is 9.05 Å². The molecule has 0 unspecified atom stereocenters. The molecular weight excluding hydrogens is 212 g/mol. The van der Waals surface area contributed by atoms with Crippen LogP contribution < -0.4 is 0 Å². The lowest BCUT2D eigenvalue weighted by molar-refractivity contribution is 0.610. The lowest BCUT2D eigenvalue weighted by Gasteiger charge is -1.90. The second-order valence-corrected chi connectivity index (χ2v) is 5.02. The Hall–Kier alpha value is -1.07. The van der Waals surface area contributed by atoms with Crippen LogP contribution >= 0.6 is 10.7 Å². The maximum atomic E-state index is 11.0. The first-order chi connectivity index (χ1) is 6.09. The normalized spacial score (nSPS) is 12.1. The van der Waals surface area contributed by atoms with E-state index in [0.717, 1.165) is 0 Å². The van der Waals surface area contributed by atoms with Gasteiger partial charge in [-0.15, -0.1) is 0 Å². The molecule has 2 aromatic heterocycles. The monoisotopic (exact) mass is 216 g/mol. The minimum Gasteiger partial charge on any atom is -0.345 e. The molecule has 2 heterocycles. The van der Waals surface area contributed by atoms with Crippen LogP contribution in [0.25, 0.3) is 11.0 Å². The molecule has 1 N–H and O–H groups in total. The van der Waals surface area contributed by atoms with Crippen molar-refractivity contribution < 1.29 is 8.42 Å². The van der Waals surface area contributed by atoms with Gasteiger partial charge < -0.3 is 4.98 Å². The van der Waals surface area contributed by atoms with Crippen molar-refractivity contribution in [3.8, 4) is 0 Å². The third-order valence-electron chi connectivity index (χ3n) is 1.68. The number of hydrogen-bond donors (Lipinski definition) is 1. The summed E-state index contributed by atoms with van der Waals surface area (Å²) >= 11 is 0. The fourth-order valence-corrected chi connectivity index (χ4v) is 2.14. The van der Waals surface area contributed by atoms with E-state index in [1.165, 1.54) is 6.20 Å². The van der Waals surface area contributed by atoms with Crippen molar-refractivity contribution in [2.75, 3.05) is 0 Å². The third kappa shape index (κ3) is 1.40. The fourth-order valence-electron chi connectivity index (χ4n) is 1.13. The van der Waals surface area contributed by atoms with E-state index in [9.17, 15) is 8.42 Å². The first-order valence-electron chi connectivity index (χ1n) is 3.46. The van der Waals surface area contributed by atoms with Crippen molar-refractivity contribution >= 4 is 30.8 Å². The van der Waals surface area contributed by atoms with Gasteiger partial charge in [-0.1, -0.05) is 0 Å². The summed E-state index contributed by atoms with van der Waals surface area (Å²) in [6, 6.07) is 3.30. The Morgan fingerprint density at radius 2 is 2.23 bits per heavy atom. The Bertz CT molecular complexity index is 546. The van der Waals surface area contributed by atoms with Crippen molar-refractivity contribution in [1.82, 2.24) is 9.97 Å². The lowest BCUT2D eigenvalue weighted by Crippen LogP contribution is -1.87. The number of aromatic amines is 1.